The Labute approximate surface area is 99.5 Å². The quantitative estimate of drug-likeness (QED) is 0.498. The molecule has 2 heterocycles. The van der Waals surface area contributed by atoms with Crippen LogP contribution in [-0.2, 0) is 4.79 Å². The molecule has 2 unspecified atom stereocenters. The minimum atomic E-state index is -0.231. The molecule has 2 rings (SSSR count). The summed E-state index contributed by atoms with van der Waals surface area (Å²) in [5.74, 6) is -0.144. The number of hydrogen-bond acceptors (Lipinski definition) is 5. The summed E-state index contributed by atoms with van der Waals surface area (Å²) in [5, 5.41) is 3.86. The number of carbonyl (C=O) groups is 1. The molecule has 0 saturated carbocycles. The van der Waals surface area contributed by atoms with Crippen LogP contribution in [-0.4, -0.2) is 29.2 Å². The molecule has 90 valence electrons. The summed E-state index contributed by atoms with van der Waals surface area (Å²) in [6.45, 7) is 2.01. The van der Waals surface area contributed by atoms with Gasteiger partial charge in [0, 0.05) is 12.2 Å². The van der Waals surface area contributed by atoms with Gasteiger partial charge in [-0.05, 0) is 25.5 Å². The third-order valence-electron chi connectivity index (χ3n) is 2.47. The van der Waals surface area contributed by atoms with Gasteiger partial charge in [0.25, 0.3) is 5.91 Å². The van der Waals surface area contributed by atoms with E-state index in [1.807, 2.05) is 25.1 Å². The third-order valence-corrected chi connectivity index (χ3v) is 2.47. The molecule has 2 atom stereocenters. The molecule has 1 aliphatic rings. The lowest BCUT2D eigenvalue weighted by Gasteiger charge is -2.05. The Kier molecular flexibility index (Phi) is 3.79. The molecule has 1 aliphatic heterocycles. The molecule has 17 heavy (non-hydrogen) atoms. The van der Waals surface area contributed by atoms with Crippen molar-refractivity contribution in [2.75, 3.05) is 0 Å². The van der Waals surface area contributed by atoms with E-state index in [1.165, 1.54) is 6.21 Å². The van der Waals surface area contributed by atoms with E-state index >= 15 is 0 Å². The first-order valence-corrected chi connectivity index (χ1v) is 5.50. The second-order valence-electron chi connectivity index (χ2n) is 3.97. The van der Waals surface area contributed by atoms with E-state index in [0.717, 1.165) is 6.42 Å². The number of nitrogens with one attached hydrogen (secondary N) is 3. The summed E-state index contributed by atoms with van der Waals surface area (Å²) in [6.07, 6.45) is 3.95. The molecule has 0 spiro atoms. The third kappa shape index (κ3) is 3.33. The van der Waals surface area contributed by atoms with E-state index in [1.54, 1.807) is 6.20 Å². The largest absolute Gasteiger partial charge is 0.271 e. The highest BCUT2D eigenvalue weighted by Crippen LogP contribution is 2.03. The molecule has 1 amide bonds. The first-order chi connectivity index (χ1) is 8.25. The highest BCUT2D eigenvalue weighted by atomic mass is 16.2. The van der Waals surface area contributed by atoms with E-state index in [-0.39, 0.29) is 11.9 Å². The van der Waals surface area contributed by atoms with Crippen molar-refractivity contribution in [2.45, 2.75) is 25.4 Å². The molecule has 0 bridgehead atoms. The minimum absolute atomic E-state index is 0.144. The van der Waals surface area contributed by atoms with Crippen molar-refractivity contribution in [3.8, 4) is 0 Å². The highest BCUT2D eigenvalue weighted by molar-refractivity contribution is 5.84. The zero-order valence-electron chi connectivity index (χ0n) is 9.55. The van der Waals surface area contributed by atoms with Gasteiger partial charge in [-0.3, -0.25) is 15.2 Å². The number of nitrogens with zero attached hydrogens (tertiary/aromatic N) is 2. The first kappa shape index (κ1) is 11.7. The standard InChI is InChI=1S/C11H15N5O/c1-8-6-10(15-14-8)11(17)16-13-7-9-4-2-3-5-12-9/h2-5,7-8,10,14-15H,6H2,1H3,(H,16,17)/b13-7+. The number of pyridine rings is 1. The van der Waals surface area contributed by atoms with Gasteiger partial charge in [-0.1, -0.05) is 6.07 Å². The number of aromatic nitrogens is 1. The first-order valence-electron chi connectivity index (χ1n) is 5.50. The van der Waals surface area contributed by atoms with Crippen LogP contribution >= 0.6 is 0 Å². The van der Waals surface area contributed by atoms with Gasteiger partial charge >= 0.3 is 0 Å². The molecule has 1 saturated heterocycles. The van der Waals surface area contributed by atoms with Gasteiger partial charge in [0.2, 0.25) is 0 Å². The van der Waals surface area contributed by atoms with Crippen LogP contribution in [0.2, 0.25) is 0 Å². The minimum Gasteiger partial charge on any atom is -0.271 e. The molecule has 6 heteroatoms. The highest BCUT2D eigenvalue weighted by Gasteiger charge is 2.26. The van der Waals surface area contributed by atoms with Crippen molar-refractivity contribution in [2.24, 2.45) is 5.10 Å². The maximum Gasteiger partial charge on any atom is 0.258 e. The van der Waals surface area contributed by atoms with Crippen LogP contribution in [0.3, 0.4) is 0 Å². The van der Waals surface area contributed by atoms with Gasteiger partial charge in [0.1, 0.15) is 6.04 Å². The van der Waals surface area contributed by atoms with Crippen molar-refractivity contribution in [1.29, 1.82) is 0 Å². The average molecular weight is 233 g/mol. The molecule has 6 nitrogen and oxygen atoms in total. The zero-order valence-corrected chi connectivity index (χ0v) is 9.55. The Morgan fingerprint density at radius 1 is 1.59 bits per heavy atom. The van der Waals surface area contributed by atoms with Crippen LogP contribution in [0, 0.1) is 0 Å². The lowest BCUT2D eigenvalue weighted by molar-refractivity contribution is -0.122. The van der Waals surface area contributed by atoms with Crippen LogP contribution in [0.5, 0.6) is 0 Å². The fraction of sp³-hybridized carbons (Fsp3) is 0.364. The van der Waals surface area contributed by atoms with Gasteiger partial charge < -0.3 is 0 Å². The predicted molar refractivity (Wildman–Crippen MR) is 64.1 cm³/mol. The molecule has 0 radical (unpaired) electrons. The second kappa shape index (κ2) is 5.51. The predicted octanol–water partition coefficient (Wildman–Crippen LogP) is -0.213. The van der Waals surface area contributed by atoms with E-state index in [9.17, 15) is 4.79 Å². The average Bonchev–Trinajstić information content (AvgIpc) is 2.77. The van der Waals surface area contributed by atoms with E-state index in [0.29, 0.717) is 11.7 Å². The summed E-state index contributed by atoms with van der Waals surface area (Å²) in [6, 6.07) is 5.56. The smallest absolute Gasteiger partial charge is 0.258 e. The fourth-order valence-corrected chi connectivity index (χ4v) is 1.58. The maximum absolute atomic E-state index is 11.6. The molecule has 1 aromatic heterocycles. The topological polar surface area (TPSA) is 78.4 Å². The summed E-state index contributed by atoms with van der Waals surface area (Å²) in [7, 11) is 0. The molecule has 0 aliphatic carbocycles. The van der Waals surface area contributed by atoms with Crippen LogP contribution in [0.15, 0.2) is 29.5 Å². The van der Waals surface area contributed by atoms with Crippen molar-refractivity contribution in [3.05, 3.63) is 30.1 Å². The summed E-state index contributed by atoms with van der Waals surface area (Å²) < 4.78 is 0. The Hall–Kier alpha value is -1.79. The van der Waals surface area contributed by atoms with E-state index in [2.05, 4.69) is 26.4 Å². The summed E-state index contributed by atoms with van der Waals surface area (Å²) in [5.41, 5.74) is 9.08. The normalized spacial score (nSPS) is 24.1. The SMILES string of the molecule is CC1CC(C(=O)N/N=C/c2ccccn2)NN1. The fourth-order valence-electron chi connectivity index (χ4n) is 1.58. The molecular weight excluding hydrogens is 218 g/mol. The summed E-state index contributed by atoms with van der Waals surface area (Å²) in [4.78, 5) is 15.7. The van der Waals surface area contributed by atoms with Crippen molar-refractivity contribution in [3.63, 3.8) is 0 Å². The van der Waals surface area contributed by atoms with Gasteiger partial charge in [-0.15, -0.1) is 0 Å². The van der Waals surface area contributed by atoms with Crippen LogP contribution < -0.4 is 16.3 Å². The Morgan fingerprint density at radius 2 is 2.47 bits per heavy atom. The van der Waals surface area contributed by atoms with Crippen molar-refractivity contribution in [1.82, 2.24) is 21.3 Å². The molecule has 1 fully saturated rings. The number of amides is 1. The van der Waals surface area contributed by atoms with Crippen molar-refractivity contribution < 1.29 is 4.79 Å². The van der Waals surface area contributed by atoms with Crippen LogP contribution in [0.1, 0.15) is 19.0 Å². The zero-order chi connectivity index (χ0) is 12.1. The number of hydrogen-bond donors (Lipinski definition) is 3. The molecule has 1 aromatic rings. The number of carbonyl (C=O) groups excluding carboxylic acids is 1. The van der Waals surface area contributed by atoms with Gasteiger partial charge in [-0.2, -0.15) is 5.10 Å². The lowest BCUT2D eigenvalue weighted by atomic mass is 10.1. The number of hydrazine groups is 1. The lowest BCUT2D eigenvalue weighted by Crippen LogP contribution is -2.41. The second-order valence-corrected chi connectivity index (χ2v) is 3.97. The maximum atomic E-state index is 11.6. The monoisotopic (exact) mass is 233 g/mol. The van der Waals surface area contributed by atoms with Crippen LogP contribution in [0.25, 0.3) is 0 Å². The molecular formula is C11H15N5O. The number of hydrazone groups is 1. The molecule has 0 aromatic carbocycles. The summed E-state index contributed by atoms with van der Waals surface area (Å²) >= 11 is 0. The van der Waals surface area contributed by atoms with Crippen LogP contribution in [0.4, 0.5) is 0 Å². The van der Waals surface area contributed by atoms with E-state index < -0.39 is 0 Å². The molecule has 3 N–H and O–H groups in total. The number of rotatable bonds is 3. The van der Waals surface area contributed by atoms with Gasteiger partial charge in [0.15, 0.2) is 0 Å². The Bertz CT molecular complexity index is 406. The van der Waals surface area contributed by atoms with Gasteiger partial charge in [0.05, 0.1) is 11.9 Å². The Balaban J connectivity index is 1.82. The van der Waals surface area contributed by atoms with E-state index in [4.69, 9.17) is 0 Å². The van der Waals surface area contributed by atoms with Crippen molar-refractivity contribution >= 4 is 12.1 Å². The Morgan fingerprint density at radius 3 is 3.12 bits per heavy atom. The van der Waals surface area contributed by atoms with Gasteiger partial charge in [-0.25, -0.2) is 10.9 Å².